The molecule has 0 spiro atoms. The Morgan fingerprint density at radius 3 is 2.74 bits per heavy atom. The fourth-order valence-corrected chi connectivity index (χ4v) is 6.32. The first-order valence-corrected chi connectivity index (χ1v) is 12.4. The van der Waals surface area contributed by atoms with Crippen molar-refractivity contribution in [3.8, 4) is 0 Å². The van der Waals surface area contributed by atoms with Crippen LogP contribution in [-0.4, -0.2) is 81.4 Å². The van der Waals surface area contributed by atoms with Crippen LogP contribution in [0.4, 0.5) is 5.13 Å². The van der Waals surface area contributed by atoms with Crippen molar-refractivity contribution >= 4 is 63.5 Å². The molecule has 2 amide bonds. The molecule has 2 aromatic heterocycles. The number of aliphatic hydroxyl groups is 1. The van der Waals surface area contributed by atoms with Gasteiger partial charge < -0.3 is 35.8 Å². The van der Waals surface area contributed by atoms with Crippen molar-refractivity contribution in [2.24, 2.45) is 12.2 Å². The Hall–Kier alpha value is -2.15. The predicted molar refractivity (Wildman–Crippen MR) is 120 cm³/mol. The number of nitrogen functional groups attached to an aromatic ring is 1. The molecular weight excluding hydrogens is 531 g/mol. The largest absolute Gasteiger partial charge is 1.00 e. The number of nitrogens with zero attached hydrogens (tertiary/aromatic N) is 6. The molecular formula is C17H17N8NaO6S3. The number of β-lactam (4-membered cyclic amide) rings is 1. The molecule has 2 aromatic rings. The fraction of sp³-hybridized carbons (Fsp3) is 0.353. The average Bonchev–Trinajstić information content (AvgIpc) is 3.40. The standard InChI is InChI=1S/C17H18N8O6S3.Na/c1-24-8(2-26)21-22-17(24)34-4-6-3-32-14-10(13(28)25(14)11(6)15(29)30)20-12(27)9(23-31)7-5-33-16(18)19-7;/h5,10,14,26,31H,2-4H2,1H3,(H2,18,19)(H,20,27)(H,29,30);/q;+1/p-1/b23-9-;/t10?,14-;/m1./s1. The van der Waals surface area contributed by atoms with Crippen LogP contribution in [-0.2, 0) is 28.0 Å². The molecule has 2 atom stereocenters. The summed E-state index contributed by atoms with van der Waals surface area (Å²) >= 11 is 3.53. The molecule has 5 N–H and O–H groups in total. The van der Waals surface area contributed by atoms with Gasteiger partial charge in [-0.25, -0.2) is 4.98 Å². The number of amides is 2. The van der Waals surface area contributed by atoms with Crippen LogP contribution in [0.1, 0.15) is 11.5 Å². The van der Waals surface area contributed by atoms with Crippen LogP contribution in [0, 0.1) is 0 Å². The SMILES string of the molecule is Cn1c(CO)nnc1SCC1=C(C(=O)[O-])N2C(=O)C(NC(=O)/C(=N\O)c3csc(N)n3)[C@H]2SC1.[Na+]. The molecule has 180 valence electrons. The van der Waals surface area contributed by atoms with E-state index in [-0.39, 0.29) is 64.2 Å². The Kier molecular flexibility index (Phi) is 8.84. The van der Waals surface area contributed by atoms with Crippen LogP contribution >= 0.6 is 34.9 Å². The quantitative estimate of drug-likeness (QED) is 0.0608. The van der Waals surface area contributed by atoms with Gasteiger partial charge in [0, 0.05) is 23.9 Å². The number of carbonyl (C=O) groups excluding carboxylic acids is 3. The van der Waals surface area contributed by atoms with Gasteiger partial charge >= 0.3 is 29.6 Å². The number of oxime groups is 1. The van der Waals surface area contributed by atoms with Crippen LogP contribution < -0.4 is 45.7 Å². The maximum Gasteiger partial charge on any atom is 1.00 e. The number of nitrogens with two attached hydrogens (primary N) is 1. The van der Waals surface area contributed by atoms with E-state index < -0.39 is 34.9 Å². The maximum atomic E-state index is 12.8. The van der Waals surface area contributed by atoms with Crippen molar-refractivity contribution < 1.29 is 59.4 Å². The number of rotatable bonds is 8. The van der Waals surface area contributed by atoms with E-state index in [9.17, 15) is 29.8 Å². The Morgan fingerprint density at radius 1 is 1.43 bits per heavy atom. The molecule has 1 fully saturated rings. The number of hydrogen-bond acceptors (Lipinski definition) is 14. The zero-order valence-corrected chi connectivity index (χ0v) is 22.8. The number of carboxylic acids is 1. The topological polar surface area (TPSA) is 212 Å². The molecule has 14 nitrogen and oxygen atoms in total. The van der Waals surface area contributed by atoms with Gasteiger partial charge in [-0.2, -0.15) is 0 Å². The smallest absolute Gasteiger partial charge is 0.543 e. The van der Waals surface area contributed by atoms with Gasteiger partial charge in [0.1, 0.15) is 23.7 Å². The second kappa shape index (κ2) is 11.3. The van der Waals surface area contributed by atoms with E-state index in [0.717, 1.165) is 16.2 Å². The predicted octanol–water partition coefficient (Wildman–Crippen LogP) is -5.28. The molecule has 0 aliphatic carbocycles. The number of nitrogens with one attached hydrogen (secondary N) is 1. The van der Waals surface area contributed by atoms with Gasteiger partial charge in [-0.05, 0) is 5.57 Å². The molecule has 35 heavy (non-hydrogen) atoms. The number of fused-ring (bicyclic) bond motifs is 1. The first kappa shape index (κ1) is 27.4. The number of hydrogen-bond donors (Lipinski definition) is 4. The fourth-order valence-electron chi connectivity index (χ4n) is 3.36. The molecule has 0 bridgehead atoms. The zero-order valence-electron chi connectivity index (χ0n) is 18.4. The van der Waals surface area contributed by atoms with E-state index in [2.05, 4.69) is 25.7 Å². The first-order valence-electron chi connectivity index (χ1n) is 9.51. The number of thiazole rings is 1. The van der Waals surface area contributed by atoms with E-state index in [1.807, 2.05) is 0 Å². The second-order valence-electron chi connectivity index (χ2n) is 7.02. The van der Waals surface area contributed by atoms with Gasteiger partial charge in [-0.3, -0.25) is 14.5 Å². The molecule has 1 unspecified atom stereocenters. The number of thioether (sulfide) groups is 2. The molecule has 4 heterocycles. The third-order valence-corrected chi connectivity index (χ3v) is 8.17. The van der Waals surface area contributed by atoms with E-state index in [1.165, 1.54) is 28.9 Å². The molecule has 18 heteroatoms. The Morgan fingerprint density at radius 2 is 2.17 bits per heavy atom. The Bertz CT molecular complexity index is 1230. The summed E-state index contributed by atoms with van der Waals surface area (Å²) in [7, 11) is 1.67. The summed E-state index contributed by atoms with van der Waals surface area (Å²) in [5.74, 6) is -2.17. The summed E-state index contributed by atoms with van der Waals surface area (Å²) in [5, 5.41) is 45.0. The van der Waals surface area contributed by atoms with Crippen molar-refractivity contribution in [1.82, 2.24) is 30.0 Å². The van der Waals surface area contributed by atoms with Crippen LogP contribution in [0.2, 0.25) is 0 Å². The first-order chi connectivity index (χ1) is 16.3. The van der Waals surface area contributed by atoms with Crippen molar-refractivity contribution in [3.05, 3.63) is 28.2 Å². The molecule has 0 aromatic carbocycles. The number of aromatic nitrogens is 4. The van der Waals surface area contributed by atoms with Gasteiger partial charge in [0.15, 0.2) is 21.8 Å². The van der Waals surface area contributed by atoms with E-state index in [4.69, 9.17) is 5.73 Å². The van der Waals surface area contributed by atoms with Gasteiger partial charge in [-0.1, -0.05) is 16.9 Å². The molecule has 0 radical (unpaired) electrons. The summed E-state index contributed by atoms with van der Waals surface area (Å²) < 4.78 is 1.58. The average molecular weight is 549 g/mol. The minimum Gasteiger partial charge on any atom is -0.543 e. The number of anilines is 1. The monoisotopic (exact) mass is 548 g/mol. The Balaban J connectivity index is 0.00000342. The van der Waals surface area contributed by atoms with Crippen LogP contribution in [0.25, 0.3) is 0 Å². The summed E-state index contributed by atoms with van der Waals surface area (Å²) in [6, 6.07) is -1.03. The number of aliphatic hydroxyl groups excluding tert-OH is 1. The molecule has 4 rings (SSSR count). The van der Waals surface area contributed by atoms with Gasteiger partial charge in [0.25, 0.3) is 11.8 Å². The molecule has 2 aliphatic rings. The summed E-state index contributed by atoms with van der Waals surface area (Å²) in [5.41, 5.74) is 5.37. The zero-order chi connectivity index (χ0) is 24.6. The van der Waals surface area contributed by atoms with Gasteiger partial charge in [0.05, 0.1) is 11.7 Å². The summed E-state index contributed by atoms with van der Waals surface area (Å²) in [6.45, 7) is -0.289. The van der Waals surface area contributed by atoms with Crippen molar-refractivity contribution in [3.63, 3.8) is 0 Å². The molecule has 2 aliphatic heterocycles. The van der Waals surface area contributed by atoms with Crippen molar-refractivity contribution in [2.75, 3.05) is 17.2 Å². The second-order valence-corrected chi connectivity index (χ2v) is 9.96. The summed E-state index contributed by atoms with van der Waals surface area (Å²) in [4.78, 5) is 42.2. The van der Waals surface area contributed by atoms with E-state index >= 15 is 0 Å². The van der Waals surface area contributed by atoms with Gasteiger partial charge in [0.2, 0.25) is 0 Å². The molecule has 0 saturated carbocycles. The third kappa shape index (κ3) is 5.20. The Labute approximate surface area is 232 Å². The minimum absolute atomic E-state index is 0. The van der Waals surface area contributed by atoms with E-state index in [1.54, 1.807) is 11.6 Å². The van der Waals surface area contributed by atoms with Crippen LogP contribution in [0.5, 0.6) is 0 Å². The summed E-state index contributed by atoms with van der Waals surface area (Å²) in [6.07, 6.45) is 0. The number of carboxylic acid groups (broad SMARTS) is 1. The van der Waals surface area contributed by atoms with Crippen LogP contribution in [0.15, 0.2) is 27.0 Å². The molecule has 1 saturated heterocycles. The van der Waals surface area contributed by atoms with Gasteiger partial charge in [-0.15, -0.1) is 33.3 Å². The van der Waals surface area contributed by atoms with E-state index in [0.29, 0.717) is 16.6 Å². The van der Waals surface area contributed by atoms with Crippen molar-refractivity contribution in [1.29, 1.82) is 0 Å². The van der Waals surface area contributed by atoms with Crippen LogP contribution in [0.3, 0.4) is 0 Å². The third-order valence-electron chi connectivity index (χ3n) is 5.05. The maximum absolute atomic E-state index is 12.8. The number of aliphatic carboxylic acids is 1. The minimum atomic E-state index is -1.51. The van der Waals surface area contributed by atoms with Crippen molar-refractivity contribution in [2.45, 2.75) is 23.2 Å². The normalized spacial score (nSPS) is 19.7. The number of carbonyl (C=O) groups is 3.